The molecule has 1 atom stereocenters. The molecule has 0 saturated heterocycles. The van der Waals surface area contributed by atoms with Gasteiger partial charge >= 0.3 is 0 Å². The Kier molecular flexibility index (Phi) is 5.75. The molecule has 0 amide bonds. The van der Waals surface area contributed by atoms with E-state index in [0.29, 0.717) is 22.8 Å². The lowest BCUT2D eigenvalue weighted by molar-refractivity contribution is -0.386. The van der Waals surface area contributed by atoms with E-state index < -0.39 is 11.0 Å². The van der Waals surface area contributed by atoms with Crippen molar-refractivity contribution in [2.45, 2.75) is 39.2 Å². The summed E-state index contributed by atoms with van der Waals surface area (Å²) >= 11 is 0. The van der Waals surface area contributed by atoms with Crippen molar-refractivity contribution in [1.29, 1.82) is 0 Å². The Balaban J connectivity index is 2.33. The molecule has 0 fully saturated rings. The summed E-state index contributed by atoms with van der Waals surface area (Å²) < 4.78 is 16.3. The van der Waals surface area contributed by atoms with Gasteiger partial charge < -0.3 is 14.2 Å². The second-order valence-corrected chi connectivity index (χ2v) is 7.06. The molecule has 0 aromatic heterocycles. The molecule has 140 valence electrons. The SMILES string of the molecule is COc1cc(C(C)Oc2ccc(C(C)(C)C)cc2)c([N+](=O)[O-])cc1OC. The first kappa shape index (κ1) is 19.6. The van der Waals surface area contributed by atoms with Crippen LogP contribution in [-0.4, -0.2) is 19.1 Å². The first-order valence-corrected chi connectivity index (χ1v) is 8.35. The molecule has 2 aromatic carbocycles. The first-order valence-electron chi connectivity index (χ1n) is 8.35. The van der Waals surface area contributed by atoms with Crippen molar-refractivity contribution in [3.8, 4) is 17.2 Å². The minimum absolute atomic E-state index is 0.0479. The molecule has 0 radical (unpaired) electrons. The molecule has 0 aliphatic carbocycles. The van der Waals surface area contributed by atoms with Gasteiger partial charge in [-0.15, -0.1) is 0 Å². The van der Waals surface area contributed by atoms with Gasteiger partial charge in [-0.3, -0.25) is 10.1 Å². The zero-order chi connectivity index (χ0) is 19.5. The Bertz CT molecular complexity index is 778. The molecule has 26 heavy (non-hydrogen) atoms. The minimum atomic E-state index is -0.532. The summed E-state index contributed by atoms with van der Waals surface area (Å²) in [6.45, 7) is 8.18. The van der Waals surface area contributed by atoms with Gasteiger partial charge in [0, 0.05) is 0 Å². The van der Waals surface area contributed by atoms with E-state index in [0.717, 1.165) is 0 Å². The molecule has 0 N–H and O–H groups in total. The summed E-state index contributed by atoms with van der Waals surface area (Å²) in [6, 6.07) is 10.7. The fourth-order valence-corrected chi connectivity index (χ4v) is 2.67. The van der Waals surface area contributed by atoms with Crippen molar-refractivity contribution in [3.05, 3.63) is 57.6 Å². The third kappa shape index (κ3) is 4.25. The van der Waals surface area contributed by atoms with E-state index in [-0.39, 0.29) is 11.1 Å². The minimum Gasteiger partial charge on any atom is -0.493 e. The van der Waals surface area contributed by atoms with Gasteiger partial charge in [0.1, 0.15) is 11.9 Å². The number of rotatable bonds is 6. The molecule has 2 aromatic rings. The highest BCUT2D eigenvalue weighted by Crippen LogP contribution is 2.38. The van der Waals surface area contributed by atoms with Crippen LogP contribution in [0.4, 0.5) is 5.69 Å². The molecule has 0 aliphatic heterocycles. The molecule has 0 aliphatic rings. The Morgan fingerprint density at radius 2 is 1.54 bits per heavy atom. The van der Waals surface area contributed by atoms with Crippen molar-refractivity contribution in [1.82, 2.24) is 0 Å². The van der Waals surface area contributed by atoms with E-state index in [1.165, 1.54) is 25.8 Å². The molecule has 6 nitrogen and oxygen atoms in total. The van der Waals surface area contributed by atoms with Crippen LogP contribution in [0, 0.1) is 10.1 Å². The molecule has 0 saturated carbocycles. The largest absolute Gasteiger partial charge is 0.493 e. The van der Waals surface area contributed by atoms with Crippen molar-refractivity contribution >= 4 is 5.69 Å². The van der Waals surface area contributed by atoms with Gasteiger partial charge in [-0.2, -0.15) is 0 Å². The fraction of sp³-hybridized carbons (Fsp3) is 0.400. The van der Waals surface area contributed by atoms with Crippen LogP contribution in [0.3, 0.4) is 0 Å². The van der Waals surface area contributed by atoms with Crippen LogP contribution in [0.15, 0.2) is 36.4 Å². The first-order chi connectivity index (χ1) is 12.2. The maximum atomic E-state index is 11.5. The summed E-state index contributed by atoms with van der Waals surface area (Å²) in [5.74, 6) is 1.38. The summed E-state index contributed by atoms with van der Waals surface area (Å²) in [5, 5.41) is 11.5. The zero-order valence-corrected chi connectivity index (χ0v) is 16.0. The van der Waals surface area contributed by atoms with Gasteiger partial charge in [0.2, 0.25) is 0 Å². The summed E-state index contributed by atoms with van der Waals surface area (Å²) in [4.78, 5) is 11.0. The highest BCUT2D eigenvalue weighted by molar-refractivity contribution is 5.55. The number of methoxy groups -OCH3 is 2. The molecule has 6 heteroatoms. The van der Waals surface area contributed by atoms with Gasteiger partial charge in [-0.25, -0.2) is 0 Å². The van der Waals surface area contributed by atoms with Gasteiger partial charge in [-0.05, 0) is 36.1 Å². The lowest BCUT2D eigenvalue weighted by atomic mass is 9.87. The number of hydrogen-bond acceptors (Lipinski definition) is 5. The molecule has 0 heterocycles. The normalized spacial score (nSPS) is 12.4. The Labute approximate surface area is 153 Å². The average molecular weight is 359 g/mol. The van der Waals surface area contributed by atoms with Crippen LogP contribution in [0.25, 0.3) is 0 Å². The molecule has 0 spiro atoms. The number of nitrogens with zero attached hydrogens (tertiary/aromatic N) is 1. The smallest absolute Gasteiger partial charge is 0.280 e. The van der Waals surface area contributed by atoms with Crippen LogP contribution in [0.5, 0.6) is 17.2 Å². The van der Waals surface area contributed by atoms with Gasteiger partial charge in [0.05, 0.1) is 30.8 Å². The van der Waals surface area contributed by atoms with Crippen LogP contribution in [-0.2, 0) is 5.41 Å². The molecule has 1 unspecified atom stereocenters. The van der Waals surface area contributed by atoms with E-state index in [1.54, 1.807) is 13.0 Å². The number of benzene rings is 2. The van der Waals surface area contributed by atoms with E-state index in [1.807, 2.05) is 24.3 Å². The van der Waals surface area contributed by atoms with E-state index >= 15 is 0 Å². The van der Waals surface area contributed by atoms with Crippen LogP contribution >= 0.6 is 0 Å². The second-order valence-electron chi connectivity index (χ2n) is 7.06. The van der Waals surface area contributed by atoms with Crippen molar-refractivity contribution in [3.63, 3.8) is 0 Å². The Morgan fingerprint density at radius 1 is 1.00 bits per heavy atom. The topological polar surface area (TPSA) is 70.8 Å². The number of hydrogen-bond donors (Lipinski definition) is 0. The summed E-state index contributed by atoms with van der Waals surface area (Å²) in [5.41, 5.74) is 1.59. The third-order valence-corrected chi connectivity index (χ3v) is 4.20. The van der Waals surface area contributed by atoms with Gasteiger partial charge in [-0.1, -0.05) is 32.9 Å². The van der Waals surface area contributed by atoms with E-state index in [4.69, 9.17) is 14.2 Å². The lowest BCUT2D eigenvalue weighted by Crippen LogP contribution is -2.11. The molecule has 2 rings (SSSR count). The molecule has 0 bridgehead atoms. The predicted octanol–water partition coefficient (Wildman–Crippen LogP) is 5.05. The quantitative estimate of drug-likeness (QED) is 0.533. The van der Waals surface area contributed by atoms with Crippen molar-refractivity contribution in [2.75, 3.05) is 14.2 Å². The second kappa shape index (κ2) is 7.64. The highest BCUT2D eigenvalue weighted by atomic mass is 16.6. The number of ether oxygens (including phenoxy) is 3. The van der Waals surface area contributed by atoms with Crippen molar-refractivity contribution < 1.29 is 19.1 Å². The van der Waals surface area contributed by atoms with Crippen molar-refractivity contribution in [2.24, 2.45) is 0 Å². The van der Waals surface area contributed by atoms with E-state index in [2.05, 4.69) is 20.8 Å². The number of nitro groups is 1. The Morgan fingerprint density at radius 3 is 2.00 bits per heavy atom. The summed E-state index contributed by atoms with van der Waals surface area (Å²) in [6.07, 6.45) is -0.532. The molecular formula is C20H25NO5. The summed E-state index contributed by atoms with van der Waals surface area (Å²) in [7, 11) is 2.93. The maximum Gasteiger partial charge on any atom is 0.280 e. The third-order valence-electron chi connectivity index (χ3n) is 4.20. The van der Waals surface area contributed by atoms with Crippen LogP contribution in [0.2, 0.25) is 0 Å². The fourth-order valence-electron chi connectivity index (χ4n) is 2.67. The number of nitro benzene ring substituents is 1. The van der Waals surface area contributed by atoms with E-state index in [9.17, 15) is 10.1 Å². The standard InChI is InChI=1S/C20H25NO5/c1-13(26-15-9-7-14(8-10-15)20(2,3)4)16-11-18(24-5)19(25-6)12-17(16)21(22)23/h7-13H,1-6H3. The maximum absolute atomic E-state index is 11.5. The Hall–Kier alpha value is -2.76. The lowest BCUT2D eigenvalue weighted by Gasteiger charge is -2.20. The van der Waals surface area contributed by atoms with Crippen LogP contribution in [0.1, 0.15) is 44.9 Å². The molecular weight excluding hydrogens is 334 g/mol. The van der Waals surface area contributed by atoms with Crippen LogP contribution < -0.4 is 14.2 Å². The monoisotopic (exact) mass is 359 g/mol. The van der Waals surface area contributed by atoms with Gasteiger partial charge in [0.15, 0.2) is 11.5 Å². The highest BCUT2D eigenvalue weighted by Gasteiger charge is 2.24. The van der Waals surface area contributed by atoms with Gasteiger partial charge in [0.25, 0.3) is 5.69 Å². The zero-order valence-electron chi connectivity index (χ0n) is 16.0. The average Bonchev–Trinajstić information content (AvgIpc) is 2.59. The predicted molar refractivity (Wildman–Crippen MR) is 100 cm³/mol.